The molecular formula is C13H21N5O. The fourth-order valence-electron chi connectivity index (χ4n) is 1.72. The second-order valence-electron chi connectivity index (χ2n) is 4.73. The lowest BCUT2D eigenvalue weighted by Crippen LogP contribution is -2.16. The van der Waals surface area contributed by atoms with Crippen molar-refractivity contribution in [1.29, 1.82) is 0 Å². The minimum absolute atomic E-state index is 0.158. The molecule has 0 radical (unpaired) electrons. The van der Waals surface area contributed by atoms with Crippen LogP contribution in [0.25, 0.3) is 5.65 Å². The lowest BCUT2D eigenvalue weighted by Gasteiger charge is -2.13. The van der Waals surface area contributed by atoms with Crippen molar-refractivity contribution in [3.05, 3.63) is 18.6 Å². The van der Waals surface area contributed by atoms with E-state index in [9.17, 15) is 0 Å². The van der Waals surface area contributed by atoms with Gasteiger partial charge in [-0.05, 0) is 12.3 Å². The summed E-state index contributed by atoms with van der Waals surface area (Å²) in [6.45, 7) is 5.81. The molecule has 6 nitrogen and oxygen atoms in total. The zero-order valence-corrected chi connectivity index (χ0v) is 11.4. The SMILES string of the molecule is CCCNc1cn2ccnc2c(NCC(C)CO)n1. The van der Waals surface area contributed by atoms with Gasteiger partial charge < -0.3 is 20.1 Å². The van der Waals surface area contributed by atoms with Crippen LogP contribution < -0.4 is 10.6 Å². The van der Waals surface area contributed by atoms with Crippen LogP contribution in [0.15, 0.2) is 18.6 Å². The fourth-order valence-corrected chi connectivity index (χ4v) is 1.72. The summed E-state index contributed by atoms with van der Waals surface area (Å²) in [6, 6.07) is 0. The van der Waals surface area contributed by atoms with Crippen molar-refractivity contribution in [3.63, 3.8) is 0 Å². The number of aromatic nitrogens is 3. The third kappa shape index (κ3) is 3.35. The molecule has 2 rings (SSSR count). The average molecular weight is 263 g/mol. The molecular weight excluding hydrogens is 242 g/mol. The Morgan fingerprint density at radius 2 is 2.26 bits per heavy atom. The van der Waals surface area contributed by atoms with Gasteiger partial charge in [-0.2, -0.15) is 0 Å². The highest BCUT2D eigenvalue weighted by molar-refractivity contribution is 5.65. The van der Waals surface area contributed by atoms with Crippen LogP contribution in [0.2, 0.25) is 0 Å². The molecule has 2 heterocycles. The van der Waals surface area contributed by atoms with E-state index >= 15 is 0 Å². The largest absolute Gasteiger partial charge is 0.396 e. The van der Waals surface area contributed by atoms with E-state index in [4.69, 9.17) is 5.11 Å². The van der Waals surface area contributed by atoms with Gasteiger partial charge in [-0.25, -0.2) is 9.97 Å². The van der Waals surface area contributed by atoms with Gasteiger partial charge in [0.25, 0.3) is 0 Å². The van der Waals surface area contributed by atoms with E-state index in [1.807, 2.05) is 23.7 Å². The van der Waals surface area contributed by atoms with Crippen LogP contribution in [0, 0.1) is 5.92 Å². The first-order valence-electron chi connectivity index (χ1n) is 6.67. The fraction of sp³-hybridized carbons (Fsp3) is 0.538. The van der Waals surface area contributed by atoms with Gasteiger partial charge in [-0.3, -0.25) is 0 Å². The Bertz CT molecular complexity index is 525. The van der Waals surface area contributed by atoms with E-state index in [2.05, 4.69) is 27.5 Å². The molecule has 1 atom stereocenters. The Morgan fingerprint density at radius 3 is 3.00 bits per heavy atom. The summed E-state index contributed by atoms with van der Waals surface area (Å²) in [6.07, 6.45) is 6.63. The summed E-state index contributed by atoms with van der Waals surface area (Å²) in [5.41, 5.74) is 0.798. The summed E-state index contributed by atoms with van der Waals surface area (Å²) in [4.78, 5) is 8.82. The van der Waals surface area contributed by atoms with Crippen molar-refractivity contribution in [2.24, 2.45) is 5.92 Å². The minimum Gasteiger partial charge on any atom is -0.396 e. The summed E-state index contributed by atoms with van der Waals surface area (Å²) in [7, 11) is 0. The molecule has 0 fully saturated rings. The molecule has 3 N–H and O–H groups in total. The van der Waals surface area contributed by atoms with Gasteiger partial charge in [-0.15, -0.1) is 0 Å². The van der Waals surface area contributed by atoms with Crippen LogP contribution >= 0.6 is 0 Å². The number of hydrogen-bond acceptors (Lipinski definition) is 5. The van der Waals surface area contributed by atoms with E-state index < -0.39 is 0 Å². The van der Waals surface area contributed by atoms with Crippen molar-refractivity contribution in [2.45, 2.75) is 20.3 Å². The lowest BCUT2D eigenvalue weighted by molar-refractivity contribution is 0.244. The van der Waals surface area contributed by atoms with Crippen molar-refractivity contribution in [2.75, 3.05) is 30.3 Å². The lowest BCUT2D eigenvalue weighted by atomic mass is 10.2. The van der Waals surface area contributed by atoms with Crippen LogP contribution in [0.1, 0.15) is 20.3 Å². The zero-order chi connectivity index (χ0) is 13.7. The van der Waals surface area contributed by atoms with E-state index in [0.29, 0.717) is 6.54 Å². The second kappa shape index (κ2) is 6.38. The Hall–Kier alpha value is -1.82. The van der Waals surface area contributed by atoms with Crippen LogP contribution in [0.5, 0.6) is 0 Å². The van der Waals surface area contributed by atoms with E-state index in [1.54, 1.807) is 6.20 Å². The van der Waals surface area contributed by atoms with Crippen LogP contribution in [-0.4, -0.2) is 39.2 Å². The van der Waals surface area contributed by atoms with Gasteiger partial charge in [0.05, 0.1) is 6.20 Å². The smallest absolute Gasteiger partial charge is 0.180 e. The van der Waals surface area contributed by atoms with Crippen molar-refractivity contribution in [1.82, 2.24) is 14.4 Å². The van der Waals surface area contributed by atoms with Crippen LogP contribution in [-0.2, 0) is 0 Å². The molecule has 2 aromatic rings. The van der Waals surface area contributed by atoms with E-state index in [0.717, 1.165) is 30.2 Å². The molecule has 0 aliphatic carbocycles. The topological polar surface area (TPSA) is 74.5 Å². The Morgan fingerprint density at radius 1 is 1.42 bits per heavy atom. The molecule has 0 aromatic carbocycles. The Labute approximate surface area is 112 Å². The number of nitrogens with zero attached hydrogens (tertiary/aromatic N) is 3. The van der Waals surface area contributed by atoms with Gasteiger partial charge in [0.1, 0.15) is 5.82 Å². The minimum atomic E-state index is 0.158. The number of aliphatic hydroxyl groups excluding tert-OH is 1. The number of rotatable bonds is 7. The number of imidazole rings is 1. The Kier molecular flexibility index (Phi) is 4.57. The summed E-state index contributed by atoms with van der Waals surface area (Å²) < 4.78 is 1.94. The highest BCUT2D eigenvalue weighted by Gasteiger charge is 2.08. The predicted molar refractivity (Wildman–Crippen MR) is 76.5 cm³/mol. The number of fused-ring (bicyclic) bond motifs is 1. The number of anilines is 2. The molecule has 0 aliphatic rings. The molecule has 19 heavy (non-hydrogen) atoms. The summed E-state index contributed by atoms with van der Waals surface area (Å²) in [5.74, 6) is 1.75. The third-order valence-electron chi connectivity index (χ3n) is 2.86. The number of hydrogen-bond donors (Lipinski definition) is 3. The first-order valence-corrected chi connectivity index (χ1v) is 6.67. The van der Waals surface area contributed by atoms with E-state index in [-0.39, 0.29) is 12.5 Å². The van der Waals surface area contributed by atoms with Gasteiger partial charge in [0.15, 0.2) is 11.5 Å². The standard InChI is InChI=1S/C13H21N5O/c1-3-4-14-11-8-18-6-5-15-13(18)12(17-11)16-7-10(2)9-19/h5-6,8,10,14,19H,3-4,7,9H2,1-2H3,(H,16,17). The van der Waals surface area contributed by atoms with E-state index in [1.165, 1.54) is 0 Å². The molecule has 0 saturated heterocycles. The maximum absolute atomic E-state index is 9.06. The normalized spacial score (nSPS) is 12.6. The molecule has 0 bridgehead atoms. The van der Waals surface area contributed by atoms with Gasteiger partial charge in [0, 0.05) is 32.1 Å². The Balaban J connectivity index is 2.21. The quantitative estimate of drug-likeness (QED) is 0.707. The average Bonchev–Trinajstić information content (AvgIpc) is 2.90. The van der Waals surface area contributed by atoms with Crippen LogP contribution in [0.4, 0.5) is 11.6 Å². The molecule has 104 valence electrons. The number of nitrogens with one attached hydrogen (secondary N) is 2. The first kappa shape index (κ1) is 13.6. The zero-order valence-electron chi connectivity index (χ0n) is 11.4. The summed E-state index contributed by atoms with van der Waals surface area (Å²) in [5, 5.41) is 15.6. The van der Waals surface area contributed by atoms with Crippen molar-refractivity contribution >= 4 is 17.3 Å². The monoisotopic (exact) mass is 263 g/mol. The molecule has 0 spiro atoms. The molecule has 0 amide bonds. The van der Waals surface area contributed by atoms with Crippen molar-refractivity contribution < 1.29 is 5.11 Å². The van der Waals surface area contributed by atoms with Crippen molar-refractivity contribution in [3.8, 4) is 0 Å². The van der Waals surface area contributed by atoms with Gasteiger partial charge >= 0.3 is 0 Å². The molecule has 2 aromatic heterocycles. The molecule has 0 saturated carbocycles. The molecule has 6 heteroatoms. The summed E-state index contributed by atoms with van der Waals surface area (Å²) >= 11 is 0. The maximum Gasteiger partial charge on any atom is 0.180 e. The number of aliphatic hydroxyl groups is 1. The predicted octanol–water partition coefficient (Wildman–Crippen LogP) is 1.59. The molecule has 1 unspecified atom stereocenters. The molecule has 0 aliphatic heterocycles. The maximum atomic E-state index is 9.06. The van der Waals surface area contributed by atoms with Crippen LogP contribution in [0.3, 0.4) is 0 Å². The second-order valence-corrected chi connectivity index (χ2v) is 4.73. The third-order valence-corrected chi connectivity index (χ3v) is 2.86. The highest BCUT2D eigenvalue weighted by Crippen LogP contribution is 2.16. The van der Waals surface area contributed by atoms with Gasteiger partial charge in [-0.1, -0.05) is 13.8 Å². The first-order chi connectivity index (χ1) is 9.24. The highest BCUT2D eigenvalue weighted by atomic mass is 16.3. The van der Waals surface area contributed by atoms with Gasteiger partial charge in [0.2, 0.25) is 0 Å².